The second kappa shape index (κ2) is 7.23. The lowest BCUT2D eigenvalue weighted by Gasteiger charge is -2.27. The lowest BCUT2D eigenvalue weighted by atomic mass is 9.92. The summed E-state index contributed by atoms with van der Waals surface area (Å²) in [5, 5.41) is 9.46. The van der Waals surface area contributed by atoms with Crippen LogP contribution in [-0.4, -0.2) is 66.0 Å². The monoisotopic (exact) mass is 372 g/mol. The van der Waals surface area contributed by atoms with E-state index in [2.05, 4.69) is 0 Å². The van der Waals surface area contributed by atoms with E-state index in [1.54, 1.807) is 4.90 Å². The number of rotatable bonds is 7. The highest BCUT2D eigenvalue weighted by atomic mass is 32.2. The number of carboxylic acids is 1. The minimum Gasteiger partial charge on any atom is -0.481 e. The van der Waals surface area contributed by atoms with Crippen molar-refractivity contribution in [3.63, 3.8) is 0 Å². The Bertz CT molecular complexity index is 631. The third-order valence-corrected chi connectivity index (χ3v) is 7.78. The SMILES string of the molecule is CCCCS(=O)(=O)N1CCCC1C(=O)N1C[C@H](C(=O)O)[C@@H](C2CC2)C1. The summed E-state index contributed by atoms with van der Waals surface area (Å²) < 4.78 is 26.4. The summed E-state index contributed by atoms with van der Waals surface area (Å²) >= 11 is 0. The Hall–Kier alpha value is -1.15. The van der Waals surface area contributed by atoms with Crippen LogP contribution in [0.2, 0.25) is 0 Å². The van der Waals surface area contributed by atoms with Crippen molar-refractivity contribution in [2.45, 2.75) is 51.5 Å². The maximum Gasteiger partial charge on any atom is 0.308 e. The molecule has 2 saturated heterocycles. The molecule has 3 atom stereocenters. The first-order chi connectivity index (χ1) is 11.8. The summed E-state index contributed by atoms with van der Waals surface area (Å²) in [6, 6.07) is -0.644. The minimum absolute atomic E-state index is 0.0213. The van der Waals surface area contributed by atoms with Gasteiger partial charge in [-0.3, -0.25) is 9.59 Å². The number of amides is 1. The molecule has 3 aliphatic rings. The van der Waals surface area contributed by atoms with Gasteiger partial charge in [0, 0.05) is 19.6 Å². The van der Waals surface area contributed by atoms with E-state index in [1.807, 2.05) is 6.92 Å². The molecule has 0 aromatic carbocycles. The van der Waals surface area contributed by atoms with Crippen molar-refractivity contribution in [2.24, 2.45) is 17.8 Å². The summed E-state index contributed by atoms with van der Waals surface area (Å²) in [6.45, 7) is 3.01. The average Bonchev–Trinajstić information content (AvgIpc) is 3.12. The van der Waals surface area contributed by atoms with Crippen LogP contribution in [0.3, 0.4) is 0 Å². The number of carboxylic acid groups (broad SMARTS) is 1. The molecule has 0 aromatic heterocycles. The highest BCUT2D eigenvalue weighted by molar-refractivity contribution is 7.89. The van der Waals surface area contributed by atoms with Crippen LogP contribution in [-0.2, 0) is 19.6 Å². The largest absolute Gasteiger partial charge is 0.481 e. The van der Waals surface area contributed by atoms with Gasteiger partial charge in [0.15, 0.2) is 0 Å². The molecule has 1 N–H and O–H groups in total. The normalized spacial score (nSPS) is 30.8. The van der Waals surface area contributed by atoms with E-state index in [1.165, 1.54) is 4.31 Å². The van der Waals surface area contributed by atoms with Gasteiger partial charge in [-0.05, 0) is 43.9 Å². The molecule has 3 rings (SSSR count). The minimum atomic E-state index is -3.42. The molecular weight excluding hydrogens is 344 g/mol. The molecule has 2 aliphatic heterocycles. The molecule has 0 spiro atoms. The van der Waals surface area contributed by atoms with E-state index in [0.717, 1.165) is 19.3 Å². The Balaban J connectivity index is 1.70. The molecular formula is C17H28N2O5S. The lowest BCUT2D eigenvalue weighted by Crippen LogP contribution is -2.48. The maximum atomic E-state index is 13.0. The zero-order valence-corrected chi connectivity index (χ0v) is 15.6. The highest BCUT2D eigenvalue weighted by Crippen LogP contribution is 2.44. The summed E-state index contributed by atoms with van der Waals surface area (Å²) in [5.74, 6) is -1.05. The molecule has 1 aliphatic carbocycles. The Morgan fingerprint density at radius 2 is 1.88 bits per heavy atom. The van der Waals surface area contributed by atoms with Gasteiger partial charge in [0.25, 0.3) is 0 Å². The van der Waals surface area contributed by atoms with Gasteiger partial charge in [-0.15, -0.1) is 0 Å². The first kappa shape index (κ1) is 18.6. The quantitative estimate of drug-likeness (QED) is 0.723. The molecule has 142 valence electrons. The van der Waals surface area contributed by atoms with Gasteiger partial charge in [-0.1, -0.05) is 13.3 Å². The van der Waals surface area contributed by atoms with Gasteiger partial charge >= 0.3 is 5.97 Å². The van der Waals surface area contributed by atoms with Crippen LogP contribution in [0, 0.1) is 17.8 Å². The highest BCUT2D eigenvalue weighted by Gasteiger charge is 2.49. The molecule has 1 unspecified atom stereocenters. The van der Waals surface area contributed by atoms with E-state index in [4.69, 9.17) is 0 Å². The van der Waals surface area contributed by atoms with Gasteiger partial charge in [-0.2, -0.15) is 4.31 Å². The first-order valence-electron chi connectivity index (χ1n) is 9.36. The molecule has 3 fully saturated rings. The second-order valence-corrected chi connectivity index (χ2v) is 9.67. The Labute approximate surface area is 149 Å². The fraction of sp³-hybridized carbons (Fsp3) is 0.882. The van der Waals surface area contributed by atoms with Crippen molar-refractivity contribution < 1.29 is 23.1 Å². The van der Waals surface area contributed by atoms with Crippen LogP contribution in [0.4, 0.5) is 0 Å². The van der Waals surface area contributed by atoms with Crippen LogP contribution < -0.4 is 0 Å². The van der Waals surface area contributed by atoms with Crippen molar-refractivity contribution >= 4 is 21.9 Å². The molecule has 7 nitrogen and oxygen atoms in total. The van der Waals surface area contributed by atoms with Gasteiger partial charge in [0.2, 0.25) is 15.9 Å². The van der Waals surface area contributed by atoms with Crippen molar-refractivity contribution in [1.82, 2.24) is 9.21 Å². The first-order valence-corrected chi connectivity index (χ1v) is 11.0. The Morgan fingerprint density at radius 3 is 2.48 bits per heavy atom. The molecule has 25 heavy (non-hydrogen) atoms. The predicted octanol–water partition coefficient (Wildman–Crippen LogP) is 1.15. The van der Waals surface area contributed by atoms with Crippen LogP contribution in [0.15, 0.2) is 0 Å². The maximum absolute atomic E-state index is 13.0. The van der Waals surface area contributed by atoms with Gasteiger partial charge in [0.1, 0.15) is 6.04 Å². The summed E-state index contributed by atoms with van der Waals surface area (Å²) in [6.07, 6.45) is 4.68. The molecule has 1 amide bonds. The van der Waals surface area contributed by atoms with Gasteiger partial charge < -0.3 is 10.0 Å². The average molecular weight is 372 g/mol. The van der Waals surface area contributed by atoms with Gasteiger partial charge in [0.05, 0.1) is 11.7 Å². The van der Waals surface area contributed by atoms with Crippen LogP contribution in [0.1, 0.15) is 45.4 Å². The summed E-state index contributed by atoms with van der Waals surface area (Å²) in [4.78, 5) is 26.1. The predicted molar refractivity (Wildman–Crippen MR) is 92.3 cm³/mol. The van der Waals surface area contributed by atoms with Crippen molar-refractivity contribution in [1.29, 1.82) is 0 Å². The standard InChI is InChI=1S/C17H28N2O5S/c1-2-3-9-25(23,24)19-8-4-5-15(19)16(20)18-10-13(12-6-7-12)14(11-18)17(21)22/h12-15H,2-11H2,1H3,(H,21,22)/t13-,14+,15?/m1/s1. The molecule has 0 bridgehead atoms. The lowest BCUT2D eigenvalue weighted by molar-refractivity contribution is -0.143. The van der Waals surface area contributed by atoms with Gasteiger partial charge in [-0.25, -0.2) is 8.42 Å². The third kappa shape index (κ3) is 3.84. The van der Waals surface area contributed by atoms with Crippen LogP contribution in [0.5, 0.6) is 0 Å². The van der Waals surface area contributed by atoms with Crippen LogP contribution in [0.25, 0.3) is 0 Å². The van der Waals surface area contributed by atoms with E-state index in [-0.39, 0.29) is 24.1 Å². The number of nitrogens with zero attached hydrogens (tertiary/aromatic N) is 2. The number of sulfonamides is 1. The number of hydrogen-bond acceptors (Lipinski definition) is 4. The zero-order valence-electron chi connectivity index (χ0n) is 14.8. The number of hydrogen-bond donors (Lipinski definition) is 1. The number of carbonyl (C=O) groups is 2. The molecule has 0 radical (unpaired) electrons. The summed E-state index contributed by atoms with van der Waals surface area (Å²) in [7, 11) is -3.42. The number of unbranched alkanes of at least 4 members (excludes halogenated alkanes) is 1. The van der Waals surface area contributed by atoms with Crippen molar-refractivity contribution in [3.05, 3.63) is 0 Å². The Morgan fingerprint density at radius 1 is 1.16 bits per heavy atom. The Kier molecular flexibility index (Phi) is 5.39. The molecule has 1 saturated carbocycles. The van der Waals surface area contributed by atoms with Crippen molar-refractivity contribution in [2.75, 3.05) is 25.4 Å². The number of likely N-dealkylation sites (tertiary alicyclic amines) is 1. The third-order valence-electron chi connectivity index (χ3n) is 5.82. The van der Waals surface area contributed by atoms with Crippen molar-refractivity contribution in [3.8, 4) is 0 Å². The molecule has 2 heterocycles. The van der Waals surface area contributed by atoms with E-state index in [9.17, 15) is 23.1 Å². The topological polar surface area (TPSA) is 95.0 Å². The zero-order chi connectivity index (χ0) is 18.2. The van der Waals surface area contributed by atoms with E-state index in [0.29, 0.717) is 38.3 Å². The van der Waals surface area contributed by atoms with E-state index < -0.39 is 28.0 Å². The fourth-order valence-electron chi connectivity index (χ4n) is 4.25. The molecule has 0 aromatic rings. The molecule has 8 heteroatoms. The second-order valence-electron chi connectivity index (χ2n) is 7.63. The van der Waals surface area contributed by atoms with Crippen LogP contribution >= 0.6 is 0 Å². The summed E-state index contributed by atoms with van der Waals surface area (Å²) in [5.41, 5.74) is 0. The number of carbonyl (C=O) groups excluding carboxylic acids is 1. The smallest absolute Gasteiger partial charge is 0.308 e. The van der Waals surface area contributed by atoms with E-state index >= 15 is 0 Å². The number of aliphatic carboxylic acids is 1. The fourth-order valence-corrected chi connectivity index (χ4v) is 6.13.